The molecule has 27 heavy (non-hydrogen) atoms. The van der Waals surface area contributed by atoms with Gasteiger partial charge < -0.3 is 14.6 Å². The summed E-state index contributed by atoms with van der Waals surface area (Å²) >= 11 is 1.24. The van der Waals surface area contributed by atoms with Gasteiger partial charge in [-0.25, -0.2) is 9.67 Å². The molecule has 1 aliphatic rings. The number of aromatic amines is 1. The van der Waals surface area contributed by atoms with E-state index in [2.05, 4.69) is 15.1 Å². The molecule has 0 atom stereocenters. The standard InChI is InChI=1S/C18H19N5O3S/c1-26-13-6-4-12(5-7-13)23-16-14(10-19-23)17(25)21-18(20-16)27-11-15(24)22-8-2-3-9-22/h4-7,10H,2-3,8-9,11H2,1H3,(H,20,21,25). The van der Waals surface area contributed by atoms with Gasteiger partial charge in [0.15, 0.2) is 10.8 Å². The minimum Gasteiger partial charge on any atom is -0.497 e. The van der Waals surface area contributed by atoms with E-state index >= 15 is 0 Å². The highest BCUT2D eigenvalue weighted by atomic mass is 32.2. The second-order valence-corrected chi connectivity index (χ2v) is 7.20. The number of nitrogens with zero attached hydrogens (tertiary/aromatic N) is 4. The summed E-state index contributed by atoms with van der Waals surface area (Å²) < 4.78 is 6.78. The molecule has 0 unspecified atom stereocenters. The van der Waals surface area contributed by atoms with Crippen LogP contribution in [0.4, 0.5) is 0 Å². The lowest BCUT2D eigenvalue weighted by atomic mass is 10.3. The van der Waals surface area contributed by atoms with E-state index in [4.69, 9.17) is 4.74 Å². The molecule has 1 N–H and O–H groups in total. The number of likely N-dealkylation sites (tertiary alicyclic amines) is 1. The molecule has 3 heterocycles. The van der Waals surface area contributed by atoms with Crippen LogP contribution in [-0.2, 0) is 4.79 Å². The molecule has 4 rings (SSSR count). The molecule has 9 heteroatoms. The van der Waals surface area contributed by atoms with E-state index in [-0.39, 0.29) is 17.2 Å². The monoisotopic (exact) mass is 385 g/mol. The summed E-state index contributed by atoms with van der Waals surface area (Å²) in [4.78, 5) is 33.7. The first kappa shape index (κ1) is 17.6. The summed E-state index contributed by atoms with van der Waals surface area (Å²) in [5.74, 6) is 1.06. The quantitative estimate of drug-likeness (QED) is 0.532. The first-order valence-corrected chi connectivity index (χ1v) is 9.67. The van der Waals surface area contributed by atoms with E-state index in [0.29, 0.717) is 16.2 Å². The molecular formula is C18H19N5O3S. The molecule has 3 aromatic rings. The van der Waals surface area contributed by atoms with E-state index in [1.54, 1.807) is 11.8 Å². The summed E-state index contributed by atoms with van der Waals surface area (Å²) in [5.41, 5.74) is 0.962. The molecule has 0 spiro atoms. The van der Waals surface area contributed by atoms with Crippen LogP contribution in [0.1, 0.15) is 12.8 Å². The van der Waals surface area contributed by atoms with Gasteiger partial charge in [-0.2, -0.15) is 5.10 Å². The first-order chi connectivity index (χ1) is 13.2. The van der Waals surface area contributed by atoms with Crippen LogP contribution in [-0.4, -0.2) is 56.5 Å². The van der Waals surface area contributed by atoms with Crippen LogP contribution in [0.5, 0.6) is 5.75 Å². The third-order valence-electron chi connectivity index (χ3n) is 4.52. The highest BCUT2D eigenvalue weighted by Gasteiger charge is 2.19. The molecule has 0 saturated carbocycles. The number of carbonyl (C=O) groups excluding carboxylic acids is 1. The number of hydrogen-bond donors (Lipinski definition) is 1. The van der Waals surface area contributed by atoms with Crippen LogP contribution < -0.4 is 10.3 Å². The van der Waals surface area contributed by atoms with Crippen LogP contribution >= 0.6 is 11.8 Å². The fourth-order valence-electron chi connectivity index (χ4n) is 3.07. The van der Waals surface area contributed by atoms with E-state index in [9.17, 15) is 9.59 Å². The second kappa shape index (κ2) is 7.43. The highest BCUT2D eigenvalue weighted by Crippen LogP contribution is 2.20. The van der Waals surface area contributed by atoms with Crippen molar-refractivity contribution in [2.75, 3.05) is 26.0 Å². The van der Waals surface area contributed by atoms with Crippen LogP contribution in [0.3, 0.4) is 0 Å². The number of rotatable bonds is 5. The molecule has 1 aromatic carbocycles. The van der Waals surface area contributed by atoms with Gasteiger partial charge in [0.2, 0.25) is 5.91 Å². The molecule has 1 amide bonds. The Morgan fingerprint density at radius 3 is 2.70 bits per heavy atom. The summed E-state index contributed by atoms with van der Waals surface area (Å²) in [6, 6.07) is 7.33. The van der Waals surface area contributed by atoms with Crippen molar-refractivity contribution >= 4 is 28.7 Å². The zero-order chi connectivity index (χ0) is 18.8. The minimum atomic E-state index is -0.268. The maximum atomic E-state index is 12.4. The molecule has 0 aliphatic carbocycles. The molecule has 2 aromatic heterocycles. The third kappa shape index (κ3) is 3.55. The first-order valence-electron chi connectivity index (χ1n) is 8.69. The summed E-state index contributed by atoms with van der Waals surface area (Å²) in [5, 5.41) is 5.11. The number of thioether (sulfide) groups is 1. The van der Waals surface area contributed by atoms with Crippen LogP contribution in [0.25, 0.3) is 16.7 Å². The van der Waals surface area contributed by atoms with E-state index in [0.717, 1.165) is 37.4 Å². The van der Waals surface area contributed by atoms with Gasteiger partial charge >= 0.3 is 0 Å². The van der Waals surface area contributed by atoms with E-state index in [1.807, 2.05) is 29.2 Å². The summed E-state index contributed by atoms with van der Waals surface area (Å²) in [6.45, 7) is 1.62. The van der Waals surface area contributed by atoms with E-state index in [1.165, 1.54) is 18.0 Å². The maximum Gasteiger partial charge on any atom is 0.262 e. The Hall–Kier alpha value is -2.81. The lowest BCUT2D eigenvalue weighted by molar-refractivity contribution is -0.127. The lowest BCUT2D eigenvalue weighted by Gasteiger charge is -2.14. The van der Waals surface area contributed by atoms with Crippen molar-refractivity contribution in [1.82, 2.24) is 24.6 Å². The molecule has 140 valence electrons. The van der Waals surface area contributed by atoms with Gasteiger partial charge in [-0.3, -0.25) is 9.59 Å². The SMILES string of the molecule is COc1ccc(-n2ncc3c(=O)[nH]c(SCC(=O)N4CCCC4)nc32)cc1. The van der Waals surface area contributed by atoms with Gasteiger partial charge in [-0.05, 0) is 37.1 Å². The Bertz CT molecular complexity index is 1020. The predicted octanol–water partition coefficient (Wildman–Crippen LogP) is 1.83. The Morgan fingerprint density at radius 1 is 1.26 bits per heavy atom. The van der Waals surface area contributed by atoms with Crippen LogP contribution in [0, 0.1) is 0 Å². The van der Waals surface area contributed by atoms with Gasteiger partial charge in [-0.1, -0.05) is 11.8 Å². The number of nitrogens with one attached hydrogen (secondary N) is 1. The summed E-state index contributed by atoms with van der Waals surface area (Å²) in [7, 11) is 1.60. The molecule has 0 radical (unpaired) electrons. The topological polar surface area (TPSA) is 93.1 Å². The zero-order valence-electron chi connectivity index (χ0n) is 14.8. The highest BCUT2D eigenvalue weighted by molar-refractivity contribution is 7.99. The number of benzene rings is 1. The summed E-state index contributed by atoms with van der Waals surface area (Å²) in [6.07, 6.45) is 3.60. The number of fused-ring (bicyclic) bond motifs is 1. The number of ether oxygens (including phenoxy) is 1. The van der Waals surface area contributed by atoms with Crippen molar-refractivity contribution in [2.45, 2.75) is 18.0 Å². The van der Waals surface area contributed by atoms with Crippen LogP contribution in [0.15, 0.2) is 40.4 Å². The van der Waals surface area contributed by atoms with Gasteiger partial charge in [-0.15, -0.1) is 0 Å². The number of hydrogen-bond acceptors (Lipinski definition) is 6. The Labute approximate surface area is 159 Å². The van der Waals surface area contributed by atoms with Crippen molar-refractivity contribution < 1.29 is 9.53 Å². The number of methoxy groups -OCH3 is 1. The lowest BCUT2D eigenvalue weighted by Crippen LogP contribution is -2.29. The zero-order valence-corrected chi connectivity index (χ0v) is 15.7. The van der Waals surface area contributed by atoms with Gasteiger partial charge in [0.25, 0.3) is 5.56 Å². The normalized spacial score (nSPS) is 14.0. The Balaban J connectivity index is 1.61. The van der Waals surface area contributed by atoms with E-state index < -0.39 is 0 Å². The van der Waals surface area contributed by atoms with Crippen molar-refractivity contribution in [3.8, 4) is 11.4 Å². The molecular weight excluding hydrogens is 366 g/mol. The average molecular weight is 385 g/mol. The fourth-order valence-corrected chi connectivity index (χ4v) is 3.83. The fraction of sp³-hybridized carbons (Fsp3) is 0.333. The molecule has 8 nitrogen and oxygen atoms in total. The second-order valence-electron chi connectivity index (χ2n) is 6.24. The van der Waals surface area contributed by atoms with Crippen molar-refractivity contribution in [2.24, 2.45) is 0 Å². The predicted molar refractivity (Wildman–Crippen MR) is 103 cm³/mol. The molecule has 0 bridgehead atoms. The van der Waals surface area contributed by atoms with Gasteiger partial charge in [0.1, 0.15) is 11.1 Å². The van der Waals surface area contributed by atoms with Gasteiger partial charge in [0.05, 0.1) is 24.7 Å². The molecule has 1 saturated heterocycles. The largest absolute Gasteiger partial charge is 0.497 e. The number of carbonyl (C=O) groups is 1. The van der Waals surface area contributed by atoms with Crippen molar-refractivity contribution in [3.63, 3.8) is 0 Å². The number of H-pyrrole nitrogens is 1. The number of aromatic nitrogens is 4. The Kier molecular flexibility index (Phi) is 4.85. The minimum absolute atomic E-state index is 0.0731. The third-order valence-corrected chi connectivity index (χ3v) is 5.38. The molecule has 1 fully saturated rings. The molecule has 1 aliphatic heterocycles. The smallest absolute Gasteiger partial charge is 0.262 e. The van der Waals surface area contributed by atoms with Crippen molar-refractivity contribution in [1.29, 1.82) is 0 Å². The van der Waals surface area contributed by atoms with Gasteiger partial charge in [0, 0.05) is 13.1 Å². The Morgan fingerprint density at radius 2 is 2.00 bits per heavy atom. The average Bonchev–Trinajstić information content (AvgIpc) is 3.36. The van der Waals surface area contributed by atoms with Crippen LogP contribution in [0.2, 0.25) is 0 Å². The number of amides is 1. The van der Waals surface area contributed by atoms with Crippen molar-refractivity contribution in [3.05, 3.63) is 40.8 Å². The maximum absolute atomic E-state index is 12.4.